The van der Waals surface area contributed by atoms with Gasteiger partial charge in [-0.25, -0.2) is 9.78 Å². The molecule has 2 heterocycles. The molecule has 1 fully saturated rings. The molecule has 0 spiro atoms. The maximum atomic E-state index is 12.2. The third kappa shape index (κ3) is 4.04. The molecule has 0 unspecified atom stereocenters. The zero-order valence-electron chi connectivity index (χ0n) is 16.8. The second-order valence-electron chi connectivity index (χ2n) is 7.73. The Kier molecular flexibility index (Phi) is 5.26. The Morgan fingerprint density at radius 3 is 2.53 bits per heavy atom. The minimum absolute atomic E-state index is 0.158. The van der Waals surface area contributed by atoms with E-state index < -0.39 is 11.6 Å². The summed E-state index contributed by atoms with van der Waals surface area (Å²) >= 11 is 1.63. The first-order valence-corrected chi connectivity index (χ1v) is 10.6. The number of hydrogen-bond donors (Lipinski definition) is 2. The molecule has 30 heavy (non-hydrogen) atoms. The summed E-state index contributed by atoms with van der Waals surface area (Å²) in [5, 5.41) is 6.42. The number of para-hydroxylation sites is 1. The van der Waals surface area contributed by atoms with Gasteiger partial charge in [-0.3, -0.25) is 14.5 Å². The minimum atomic E-state index is -0.885. The summed E-state index contributed by atoms with van der Waals surface area (Å²) in [5.41, 5.74) is 1.78. The van der Waals surface area contributed by atoms with Gasteiger partial charge in [0.25, 0.3) is 5.91 Å². The Morgan fingerprint density at radius 1 is 1.13 bits per heavy atom. The van der Waals surface area contributed by atoms with Gasteiger partial charge in [0.15, 0.2) is 0 Å². The number of imide groups is 1. The number of thiazole rings is 1. The fraction of sp³-hybridized carbons (Fsp3) is 0.273. The van der Waals surface area contributed by atoms with Crippen LogP contribution in [0, 0.1) is 0 Å². The molecule has 2 N–H and O–H groups in total. The zero-order chi connectivity index (χ0) is 21.3. The van der Waals surface area contributed by atoms with Crippen molar-refractivity contribution in [2.45, 2.75) is 32.2 Å². The molecular weight excluding hydrogens is 400 g/mol. The lowest BCUT2D eigenvalue weighted by atomic mass is 10.1. The molecule has 2 aromatic carbocycles. The molecule has 0 saturated carbocycles. The van der Waals surface area contributed by atoms with Gasteiger partial charge in [0.2, 0.25) is 5.91 Å². The number of anilines is 1. The summed E-state index contributed by atoms with van der Waals surface area (Å²) in [7, 11) is 0. The zero-order valence-corrected chi connectivity index (χ0v) is 17.6. The summed E-state index contributed by atoms with van der Waals surface area (Å²) in [6.45, 7) is 3.55. The lowest BCUT2D eigenvalue weighted by molar-refractivity contribution is -0.130. The number of benzene rings is 2. The van der Waals surface area contributed by atoms with Crippen LogP contribution >= 0.6 is 11.3 Å². The van der Waals surface area contributed by atoms with Crippen molar-refractivity contribution in [3.8, 4) is 10.6 Å². The van der Waals surface area contributed by atoms with E-state index in [0.29, 0.717) is 12.1 Å². The van der Waals surface area contributed by atoms with Crippen LogP contribution in [0.5, 0.6) is 0 Å². The van der Waals surface area contributed by atoms with Crippen LogP contribution in [-0.2, 0) is 9.59 Å². The summed E-state index contributed by atoms with van der Waals surface area (Å²) in [4.78, 5) is 42.0. The van der Waals surface area contributed by atoms with Crippen LogP contribution in [0.3, 0.4) is 0 Å². The highest BCUT2D eigenvalue weighted by Crippen LogP contribution is 2.30. The van der Waals surface area contributed by atoms with Gasteiger partial charge >= 0.3 is 6.03 Å². The van der Waals surface area contributed by atoms with E-state index in [4.69, 9.17) is 0 Å². The number of carbonyl (C=O) groups is 3. The number of nitrogens with one attached hydrogen (secondary N) is 2. The van der Waals surface area contributed by atoms with Crippen LogP contribution in [0.25, 0.3) is 20.8 Å². The normalized spacial score (nSPS) is 15.5. The molecule has 1 saturated heterocycles. The predicted octanol–water partition coefficient (Wildman–Crippen LogP) is 4.01. The molecular formula is C22H22N4O3S. The van der Waals surface area contributed by atoms with Crippen LogP contribution < -0.4 is 10.6 Å². The number of urea groups is 1. The molecule has 1 aromatic heterocycles. The van der Waals surface area contributed by atoms with Gasteiger partial charge in [0, 0.05) is 24.2 Å². The summed E-state index contributed by atoms with van der Waals surface area (Å²) in [5.74, 6) is -0.424. The Labute approximate surface area is 178 Å². The molecule has 0 bridgehead atoms. The van der Waals surface area contributed by atoms with Crippen molar-refractivity contribution >= 4 is 45.1 Å². The predicted molar refractivity (Wildman–Crippen MR) is 117 cm³/mol. The monoisotopic (exact) mass is 422 g/mol. The Bertz CT molecular complexity index is 1090. The molecule has 8 heteroatoms. The molecule has 1 aliphatic heterocycles. The van der Waals surface area contributed by atoms with Gasteiger partial charge in [-0.05, 0) is 56.7 Å². The maximum absolute atomic E-state index is 12.2. The van der Waals surface area contributed by atoms with E-state index >= 15 is 0 Å². The Hall–Kier alpha value is -3.26. The van der Waals surface area contributed by atoms with Crippen molar-refractivity contribution in [2.75, 3.05) is 11.9 Å². The first-order valence-electron chi connectivity index (χ1n) is 9.73. The fourth-order valence-corrected chi connectivity index (χ4v) is 4.31. The minimum Gasteiger partial charge on any atom is -0.326 e. The molecule has 4 rings (SSSR count). The second kappa shape index (κ2) is 7.87. The van der Waals surface area contributed by atoms with Gasteiger partial charge in [0.1, 0.15) is 10.5 Å². The lowest BCUT2D eigenvalue weighted by Crippen LogP contribution is -2.40. The summed E-state index contributed by atoms with van der Waals surface area (Å²) in [6.07, 6.45) is 0.627. The highest BCUT2D eigenvalue weighted by Gasteiger charge is 2.43. The van der Waals surface area contributed by atoms with Gasteiger partial charge in [-0.15, -0.1) is 11.3 Å². The number of hydrogen-bond acceptors (Lipinski definition) is 5. The third-order valence-corrected chi connectivity index (χ3v) is 6.02. The van der Waals surface area contributed by atoms with Gasteiger partial charge in [-0.2, -0.15) is 0 Å². The molecule has 154 valence electrons. The fourth-order valence-electron chi connectivity index (χ4n) is 3.33. The van der Waals surface area contributed by atoms with Crippen LogP contribution in [-0.4, -0.2) is 39.8 Å². The number of carbonyl (C=O) groups excluding carboxylic acids is 3. The van der Waals surface area contributed by atoms with Crippen molar-refractivity contribution in [2.24, 2.45) is 0 Å². The number of nitrogens with zero attached hydrogens (tertiary/aromatic N) is 2. The standard InChI is InChI=1S/C22H22N4O3S/c1-22(2)20(28)26(21(29)25-22)13-5-8-18(27)23-15-11-9-14(10-12-15)19-24-16-6-3-4-7-17(16)30-19/h3-4,6-7,9-12H,5,8,13H2,1-2H3,(H,23,27)(H,25,29). The van der Waals surface area contributed by atoms with Gasteiger partial charge < -0.3 is 10.6 Å². The first-order chi connectivity index (χ1) is 14.3. The van der Waals surface area contributed by atoms with E-state index in [9.17, 15) is 14.4 Å². The van der Waals surface area contributed by atoms with Gasteiger partial charge in [0.05, 0.1) is 10.2 Å². The molecule has 1 aliphatic rings. The molecule has 4 amide bonds. The van der Waals surface area contributed by atoms with E-state index in [1.54, 1.807) is 25.2 Å². The van der Waals surface area contributed by atoms with E-state index in [2.05, 4.69) is 15.6 Å². The van der Waals surface area contributed by atoms with Gasteiger partial charge in [-0.1, -0.05) is 12.1 Å². The molecule has 0 atom stereocenters. The molecule has 3 aromatic rings. The number of amides is 4. The Morgan fingerprint density at radius 2 is 1.87 bits per heavy atom. The van der Waals surface area contributed by atoms with Crippen molar-refractivity contribution in [3.63, 3.8) is 0 Å². The molecule has 0 aliphatic carbocycles. The number of aromatic nitrogens is 1. The quantitative estimate of drug-likeness (QED) is 0.587. The second-order valence-corrected chi connectivity index (χ2v) is 8.76. The van der Waals surface area contributed by atoms with Crippen LogP contribution in [0.1, 0.15) is 26.7 Å². The SMILES string of the molecule is CC1(C)NC(=O)N(CCCC(=O)Nc2ccc(-c3nc4ccccc4s3)cc2)C1=O. The van der Waals surface area contributed by atoms with Crippen molar-refractivity contribution in [1.82, 2.24) is 15.2 Å². The summed E-state index contributed by atoms with van der Waals surface area (Å²) < 4.78 is 1.14. The van der Waals surface area contributed by atoms with Crippen molar-refractivity contribution in [3.05, 3.63) is 48.5 Å². The number of fused-ring (bicyclic) bond motifs is 1. The topological polar surface area (TPSA) is 91.4 Å². The molecule has 7 nitrogen and oxygen atoms in total. The van der Waals surface area contributed by atoms with E-state index in [-0.39, 0.29) is 24.8 Å². The van der Waals surface area contributed by atoms with E-state index in [1.807, 2.05) is 48.5 Å². The average molecular weight is 423 g/mol. The third-order valence-electron chi connectivity index (χ3n) is 4.94. The van der Waals surface area contributed by atoms with Crippen molar-refractivity contribution < 1.29 is 14.4 Å². The maximum Gasteiger partial charge on any atom is 0.325 e. The lowest BCUT2D eigenvalue weighted by Gasteiger charge is -2.15. The largest absolute Gasteiger partial charge is 0.326 e. The van der Waals surface area contributed by atoms with E-state index in [0.717, 1.165) is 20.8 Å². The highest BCUT2D eigenvalue weighted by atomic mass is 32.1. The average Bonchev–Trinajstić information content (AvgIpc) is 3.22. The van der Waals surface area contributed by atoms with Crippen LogP contribution in [0.2, 0.25) is 0 Å². The smallest absolute Gasteiger partial charge is 0.325 e. The number of rotatable bonds is 6. The van der Waals surface area contributed by atoms with Crippen LogP contribution in [0.4, 0.5) is 10.5 Å². The van der Waals surface area contributed by atoms with Crippen LogP contribution in [0.15, 0.2) is 48.5 Å². The first kappa shape index (κ1) is 20.0. The summed E-state index contributed by atoms with van der Waals surface area (Å²) in [6, 6.07) is 15.2. The van der Waals surface area contributed by atoms with E-state index in [1.165, 1.54) is 4.90 Å². The highest BCUT2D eigenvalue weighted by molar-refractivity contribution is 7.21. The van der Waals surface area contributed by atoms with Crippen molar-refractivity contribution in [1.29, 1.82) is 0 Å². The molecule has 0 radical (unpaired) electrons. The Balaban J connectivity index is 1.31.